The number of carbonyl (C=O) groups excluding carboxylic acids is 6. The Balaban J connectivity index is 0.000000257. The molecule has 4 N–H and O–H groups in total. The SMILES string of the molecule is C[C@]1(O)[C@H](O)[C@@H](CO)O[C@H]1N1C=CC(=O)CC1=O.C[C@]1(O)[C@H](OC(=O)CCl)[C@@H](COC(=O)CCl)O[C@H]1N1C=CC(=O)CC1=O. The second kappa shape index (κ2) is 14.4. The molecule has 0 saturated carbocycles. The highest BCUT2D eigenvalue weighted by molar-refractivity contribution is 6.26. The number of allylic oxidation sites excluding steroid dienone is 2. The van der Waals surface area contributed by atoms with E-state index in [1.54, 1.807) is 0 Å². The third-order valence-electron chi connectivity index (χ3n) is 7.11. The smallest absolute Gasteiger partial charge is 0.321 e. The standard InChI is InChI=1S/C15H17Cl2NO8.C11H15NO6/c1-15(23)13(26-12(22)6-17)9(7-24-11(21)5-16)25-14(15)18-3-2-8(19)4-10(18)20;1-11(17)9(16)7(5-13)18-10(11)12-3-2-6(14)4-8(12)15/h2-3,9,13-14,23H,4-7H2,1H3;2-3,7,9-10,13,16-17H,4-5H2,1H3/t9-,13-,14-,15+;7-,9-,10-,11+/m11/s1. The van der Waals surface area contributed by atoms with E-state index in [9.17, 15) is 44.1 Å². The molecule has 2 fully saturated rings. The molecular formula is C26H32Cl2N2O14. The van der Waals surface area contributed by atoms with Gasteiger partial charge in [0.05, 0.1) is 19.4 Å². The Hall–Kier alpha value is -2.96. The van der Waals surface area contributed by atoms with Gasteiger partial charge in [0, 0.05) is 12.4 Å². The van der Waals surface area contributed by atoms with Gasteiger partial charge in [0.1, 0.15) is 47.9 Å². The van der Waals surface area contributed by atoms with Crippen molar-refractivity contribution in [3.8, 4) is 0 Å². The van der Waals surface area contributed by atoms with Crippen molar-refractivity contribution in [1.29, 1.82) is 0 Å². The van der Waals surface area contributed by atoms with Gasteiger partial charge >= 0.3 is 11.9 Å². The van der Waals surface area contributed by atoms with Gasteiger partial charge in [-0.15, -0.1) is 23.2 Å². The summed E-state index contributed by atoms with van der Waals surface area (Å²) in [5, 5.41) is 39.8. The first-order chi connectivity index (χ1) is 20.6. The summed E-state index contributed by atoms with van der Waals surface area (Å²) in [6.45, 7) is 1.77. The average molecular weight is 667 g/mol. The molecule has 0 radical (unpaired) electrons. The minimum Gasteiger partial charge on any atom is -0.462 e. The lowest BCUT2D eigenvalue weighted by molar-refractivity contribution is -0.165. The van der Waals surface area contributed by atoms with Crippen molar-refractivity contribution in [2.75, 3.05) is 25.0 Å². The number of esters is 2. The predicted molar refractivity (Wildman–Crippen MR) is 145 cm³/mol. The van der Waals surface area contributed by atoms with Gasteiger partial charge in [0.2, 0.25) is 11.8 Å². The van der Waals surface area contributed by atoms with Crippen LogP contribution in [0.15, 0.2) is 24.6 Å². The lowest BCUT2D eigenvalue weighted by atomic mass is 9.95. The first-order valence-electron chi connectivity index (χ1n) is 13.1. The van der Waals surface area contributed by atoms with Crippen LogP contribution in [-0.2, 0) is 47.7 Å². The van der Waals surface area contributed by atoms with E-state index < -0.39 is 90.2 Å². The Labute approximate surface area is 260 Å². The number of nitrogens with zero attached hydrogens (tertiary/aromatic N) is 2. The first kappa shape index (κ1) is 35.5. The largest absolute Gasteiger partial charge is 0.462 e. The molecule has 4 heterocycles. The average Bonchev–Trinajstić information content (AvgIpc) is 3.34. The third kappa shape index (κ3) is 7.63. The number of rotatable bonds is 8. The van der Waals surface area contributed by atoms with E-state index in [2.05, 4.69) is 0 Å². The molecule has 2 amide bonds. The fourth-order valence-electron chi connectivity index (χ4n) is 4.85. The number of halogens is 2. The number of ketones is 2. The second-order valence-corrected chi connectivity index (χ2v) is 11.0. The number of hydrogen-bond donors (Lipinski definition) is 4. The van der Waals surface area contributed by atoms with E-state index in [1.165, 1.54) is 38.4 Å². The zero-order valence-electron chi connectivity index (χ0n) is 23.5. The lowest BCUT2D eigenvalue weighted by Gasteiger charge is -2.35. The van der Waals surface area contributed by atoms with Crippen LogP contribution in [0.1, 0.15) is 26.7 Å². The van der Waals surface area contributed by atoms with Gasteiger partial charge in [-0.1, -0.05) is 0 Å². The Kier molecular flexibility index (Phi) is 11.6. The molecule has 0 bridgehead atoms. The summed E-state index contributed by atoms with van der Waals surface area (Å²) < 4.78 is 20.9. The molecule has 4 aliphatic heterocycles. The molecular weight excluding hydrogens is 635 g/mol. The van der Waals surface area contributed by atoms with Crippen LogP contribution in [0, 0.1) is 0 Å². The molecule has 4 aliphatic rings. The quantitative estimate of drug-likeness (QED) is 0.123. The van der Waals surface area contributed by atoms with Gasteiger partial charge in [-0.3, -0.25) is 38.6 Å². The van der Waals surface area contributed by atoms with Crippen LogP contribution in [0.2, 0.25) is 0 Å². The summed E-state index contributed by atoms with van der Waals surface area (Å²) in [6, 6.07) is 0. The molecule has 44 heavy (non-hydrogen) atoms. The van der Waals surface area contributed by atoms with E-state index in [0.29, 0.717) is 0 Å². The fraction of sp³-hybridized carbons (Fsp3) is 0.615. The first-order valence-corrected chi connectivity index (χ1v) is 14.2. The van der Waals surface area contributed by atoms with Crippen LogP contribution in [0.5, 0.6) is 0 Å². The van der Waals surface area contributed by atoms with Crippen molar-refractivity contribution >= 4 is 58.5 Å². The lowest BCUT2D eigenvalue weighted by Crippen LogP contribution is -2.55. The highest BCUT2D eigenvalue weighted by Crippen LogP contribution is 2.37. The molecule has 0 unspecified atom stereocenters. The number of aliphatic hydroxyl groups excluding tert-OH is 2. The maximum absolute atomic E-state index is 12.1. The van der Waals surface area contributed by atoms with Gasteiger partial charge < -0.3 is 39.4 Å². The van der Waals surface area contributed by atoms with E-state index in [-0.39, 0.29) is 31.0 Å². The molecule has 0 aromatic heterocycles. The van der Waals surface area contributed by atoms with Gasteiger partial charge in [-0.2, -0.15) is 0 Å². The molecule has 0 aromatic rings. The number of ether oxygens (including phenoxy) is 4. The normalized spacial score (nSPS) is 35.1. The zero-order chi connectivity index (χ0) is 33.0. The molecule has 16 nitrogen and oxygen atoms in total. The van der Waals surface area contributed by atoms with E-state index in [1.807, 2.05) is 0 Å². The topological polar surface area (TPSA) is 227 Å². The summed E-state index contributed by atoms with van der Waals surface area (Å²) in [7, 11) is 0. The summed E-state index contributed by atoms with van der Waals surface area (Å²) in [4.78, 5) is 71.2. The molecule has 0 aliphatic carbocycles. The van der Waals surface area contributed by atoms with Crippen LogP contribution >= 0.6 is 23.2 Å². The van der Waals surface area contributed by atoms with Crippen molar-refractivity contribution in [2.45, 2.75) is 74.8 Å². The zero-order valence-corrected chi connectivity index (χ0v) is 25.0. The summed E-state index contributed by atoms with van der Waals surface area (Å²) in [6.07, 6.45) is -2.93. The predicted octanol–water partition coefficient (Wildman–Crippen LogP) is -2.16. The monoisotopic (exact) mass is 666 g/mol. The molecule has 0 aromatic carbocycles. The van der Waals surface area contributed by atoms with Gasteiger partial charge in [0.25, 0.3) is 0 Å². The van der Waals surface area contributed by atoms with E-state index in [4.69, 9.17) is 47.3 Å². The Morgan fingerprint density at radius 2 is 1.36 bits per heavy atom. The maximum Gasteiger partial charge on any atom is 0.321 e. The second-order valence-electron chi connectivity index (χ2n) is 10.5. The highest BCUT2D eigenvalue weighted by atomic mass is 35.5. The number of hydrogen-bond acceptors (Lipinski definition) is 14. The van der Waals surface area contributed by atoms with Crippen molar-refractivity contribution in [1.82, 2.24) is 9.80 Å². The van der Waals surface area contributed by atoms with E-state index in [0.717, 1.165) is 9.80 Å². The van der Waals surface area contributed by atoms with Crippen molar-refractivity contribution in [3.05, 3.63) is 24.6 Å². The minimum atomic E-state index is -1.86. The molecule has 244 valence electrons. The van der Waals surface area contributed by atoms with Crippen molar-refractivity contribution in [2.24, 2.45) is 0 Å². The van der Waals surface area contributed by atoms with Crippen LogP contribution in [0.4, 0.5) is 0 Å². The van der Waals surface area contributed by atoms with Gasteiger partial charge in [-0.05, 0) is 26.0 Å². The van der Waals surface area contributed by atoms with Crippen LogP contribution < -0.4 is 0 Å². The highest BCUT2D eigenvalue weighted by Gasteiger charge is 2.58. The third-order valence-corrected chi connectivity index (χ3v) is 7.55. The summed E-state index contributed by atoms with van der Waals surface area (Å²) in [5.74, 6) is -4.25. The minimum absolute atomic E-state index is 0.299. The fourth-order valence-corrected chi connectivity index (χ4v) is 4.99. The molecule has 8 atom stereocenters. The summed E-state index contributed by atoms with van der Waals surface area (Å²) in [5.41, 5.74) is -3.58. The van der Waals surface area contributed by atoms with Gasteiger partial charge in [-0.25, -0.2) is 0 Å². The number of amides is 2. The maximum atomic E-state index is 12.1. The van der Waals surface area contributed by atoms with Crippen molar-refractivity contribution < 1.29 is 68.1 Å². The Morgan fingerprint density at radius 3 is 1.80 bits per heavy atom. The molecule has 0 spiro atoms. The van der Waals surface area contributed by atoms with Crippen LogP contribution in [0.25, 0.3) is 0 Å². The van der Waals surface area contributed by atoms with Crippen LogP contribution in [0.3, 0.4) is 0 Å². The number of aliphatic hydroxyl groups is 4. The Bertz CT molecular complexity index is 1220. The van der Waals surface area contributed by atoms with E-state index >= 15 is 0 Å². The molecule has 4 rings (SSSR count). The molecule has 18 heteroatoms. The van der Waals surface area contributed by atoms with Crippen molar-refractivity contribution in [3.63, 3.8) is 0 Å². The number of alkyl halides is 2. The van der Waals surface area contributed by atoms with Crippen LogP contribution in [-0.4, -0.2) is 139 Å². The summed E-state index contributed by atoms with van der Waals surface area (Å²) >= 11 is 10.8. The Morgan fingerprint density at radius 1 is 0.886 bits per heavy atom. The van der Waals surface area contributed by atoms with Gasteiger partial charge in [0.15, 0.2) is 30.1 Å². The molecule has 2 saturated heterocycles. The number of carbonyl (C=O) groups is 6.